The van der Waals surface area contributed by atoms with Crippen LogP contribution >= 0.6 is 27.7 Å². The molecule has 0 amide bonds. The van der Waals surface area contributed by atoms with Crippen LogP contribution in [-0.4, -0.2) is 56.4 Å². The molecule has 1 aromatic carbocycles. The van der Waals surface area contributed by atoms with Crippen molar-refractivity contribution < 1.29 is 27.4 Å². The second-order valence-corrected chi connectivity index (χ2v) is 10.5. The predicted octanol–water partition coefficient (Wildman–Crippen LogP) is 3.29. The first-order chi connectivity index (χ1) is 17.8. The van der Waals surface area contributed by atoms with Crippen molar-refractivity contribution in [1.82, 2.24) is 20.0 Å². The van der Waals surface area contributed by atoms with Gasteiger partial charge in [-0.2, -0.15) is 0 Å². The van der Waals surface area contributed by atoms with E-state index in [0.717, 1.165) is 21.5 Å². The normalized spacial score (nSPS) is 25.4. The van der Waals surface area contributed by atoms with Gasteiger partial charge in [-0.3, -0.25) is 4.98 Å². The van der Waals surface area contributed by atoms with Gasteiger partial charge in [-0.1, -0.05) is 11.8 Å². The first-order valence-corrected chi connectivity index (χ1v) is 12.8. The predicted molar refractivity (Wildman–Crippen MR) is 132 cm³/mol. The minimum atomic E-state index is -1.58. The molecule has 2 saturated heterocycles. The summed E-state index contributed by atoms with van der Waals surface area (Å²) in [6, 6.07) is 2.90. The molecule has 2 aliphatic heterocycles. The lowest BCUT2D eigenvalue weighted by Gasteiger charge is -2.53. The van der Waals surface area contributed by atoms with Crippen LogP contribution in [0.25, 0.3) is 5.70 Å². The van der Waals surface area contributed by atoms with Crippen molar-refractivity contribution in [3.8, 4) is 0 Å². The summed E-state index contributed by atoms with van der Waals surface area (Å²) in [4.78, 5) is 12.2. The van der Waals surface area contributed by atoms with Crippen LogP contribution in [0.3, 0.4) is 0 Å². The lowest BCUT2D eigenvalue weighted by molar-refractivity contribution is -0.277. The highest BCUT2D eigenvalue weighted by Gasteiger charge is 2.54. The zero-order chi connectivity index (χ0) is 26.1. The number of nitrogens with one attached hydrogen (secondary N) is 1. The Morgan fingerprint density at radius 1 is 1.27 bits per heavy atom. The number of ether oxygens (including phenoxy) is 3. The van der Waals surface area contributed by atoms with Gasteiger partial charge in [-0.05, 0) is 34.1 Å². The van der Waals surface area contributed by atoms with Crippen molar-refractivity contribution >= 4 is 33.4 Å². The van der Waals surface area contributed by atoms with Crippen molar-refractivity contribution in [2.24, 2.45) is 11.6 Å². The van der Waals surface area contributed by atoms with Gasteiger partial charge in [0.25, 0.3) is 0 Å². The SMILES string of the molecule is N/C(=C\N(N)C1C2OCC2OC(Sc2cncc(Br)c2)C1OCc1ncc[nH]1)c1cc(F)c(F)c(F)c1. The van der Waals surface area contributed by atoms with Gasteiger partial charge in [0.1, 0.15) is 42.2 Å². The number of H-pyrrole nitrogens is 1. The molecular formula is C23H22BrF3N6O3S. The summed E-state index contributed by atoms with van der Waals surface area (Å²) in [5.41, 5.74) is 5.43. The molecule has 2 aliphatic rings. The van der Waals surface area contributed by atoms with Gasteiger partial charge < -0.3 is 29.9 Å². The molecule has 5 atom stereocenters. The van der Waals surface area contributed by atoms with Crippen LogP contribution in [0.1, 0.15) is 11.4 Å². The van der Waals surface area contributed by atoms with Crippen LogP contribution in [-0.2, 0) is 20.8 Å². The molecule has 14 heteroatoms. The molecule has 3 aromatic rings. The largest absolute Gasteiger partial charge is 0.397 e. The molecule has 0 bridgehead atoms. The van der Waals surface area contributed by atoms with Crippen molar-refractivity contribution in [2.75, 3.05) is 6.61 Å². The monoisotopic (exact) mass is 598 g/mol. The van der Waals surface area contributed by atoms with Gasteiger partial charge >= 0.3 is 0 Å². The quantitative estimate of drug-likeness (QED) is 0.203. The third kappa shape index (κ3) is 5.63. The molecule has 0 spiro atoms. The van der Waals surface area contributed by atoms with E-state index in [0.29, 0.717) is 12.4 Å². The molecule has 4 heterocycles. The third-order valence-electron chi connectivity index (χ3n) is 5.92. The van der Waals surface area contributed by atoms with E-state index in [4.69, 9.17) is 25.8 Å². The number of imidazole rings is 1. The number of hydrogen-bond acceptors (Lipinski definition) is 9. The number of pyridine rings is 1. The molecule has 5 N–H and O–H groups in total. The summed E-state index contributed by atoms with van der Waals surface area (Å²) in [6.45, 7) is 0.491. The number of benzene rings is 1. The van der Waals surface area contributed by atoms with Gasteiger partial charge in [0, 0.05) is 45.9 Å². The van der Waals surface area contributed by atoms with E-state index < -0.39 is 41.1 Å². The molecule has 37 heavy (non-hydrogen) atoms. The maximum Gasteiger partial charge on any atom is 0.194 e. The fourth-order valence-electron chi connectivity index (χ4n) is 4.12. The van der Waals surface area contributed by atoms with Gasteiger partial charge in [0.15, 0.2) is 17.5 Å². The maximum absolute atomic E-state index is 13.8. The average molecular weight is 599 g/mol. The number of nitrogens with two attached hydrogens (primary N) is 2. The number of rotatable bonds is 8. The zero-order valence-corrected chi connectivity index (χ0v) is 21.5. The number of nitrogens with zero attached hydrogens (tertiary/aromatic N) is 3. The van der Waals surface area contributed by atoms with Gasteiger partial charge in [0.2, 0.25) is 0 Å². The Kier molecular flexibility index (Phi) is 7.74. The first kappa shape index (κ1) is 26.0. The first-order valence-electron chi connectivity index (χ1n) is 11.1. The molecule has 2 aromatic heterocycles. The van der Waals surface area contributed by atoms with Crippen LogP contribution in [0.5, 0.6) is 0 Å². The van der Waals surface area contributed by atoms with Crippen LogP contribution in [0.15, 0.2) is 58.6 Å². The lowest BCUT2D eigenvalue weighted by Crippen LogP contribution is -2.70. The van der Waals surface area contributed by atoms with Crippen molar-refractivity contribution in [2.45, 2.75) is 41.3 Å². The molecule has 2 fully saturated rings. The molecule has 196 valence electrons. The third-order valence-corrected chi connectivity index (χ3v) is 7.46. The number of hydrogen-bond donors (Lipinski definition) is 3. The summed E-state index contributed by atoms with van der Waals surface area (Å²) < 4.78 is 60.1. The number of aromatic nitrogens is 3. The van der Waals surface area contributed by atoms with Crippen molar-refractivity contribution in [3.05, 3.63) is 82.5 Å². The van der Waals surface area contributed by atoms with Crippen LogP contribution in [0.4, 0.5) is 13.2 Å². The summed E-state index contributed by atoms with van der Waals surface area (Å²) in [7, 11) is 0. The van der Waals surface area contributed by atoms with E-state index in [9.17, 15) is 13.2 Å². The minimum absolute atomic E-state index is 0.0656. The highest BCUT2D eigenvalue weighted by atomic mass is 79.9. The minimum Gasteiger partial charge on any atom is -0.397 e. The van der Waals surface area contributed by atoms with Gasteiger partial charge in [-0.15, -0.1) is 0 Å². The van der Waals surface area contributed by atoms with Crippen molar-refractivity contribution in [3.63, 3.8) is 0 Å². The molecule has 0 aliphatic carbocycles. The Morgan fingerprint density at radius 2 is 2.05 bits per heavy atom. The second-order valence-electron chi connectivity index (χ2n) is 8.39. The Morgan fingerprint density at radius 3 is 2.70 bits per heavy atom. The fraction of sp³-hybridized carbons (Fsp3) is 0.304. The number of thioether (sulfide) groups is 1. The summed E-state index contributed by atoms with van der Waals surface area (Å²) in [6.07, 6.45) is 6.58. The van der Waals surface area contributed by atoms with Crippen LogP contribution < -0.4 is 11.6 Å². The maximum atomic E-state index is 13.8. The smallest absolute Gasteiger partial charge is 0.194 e. The summed E-state index contributed by atoms with van der Waals surface area (Å²) in [5, 5.41) is 1.29. The number of halogens is 4. The number of fused-ring (bicyclic) bond motifs is 1. The zero-order valence-electron chi connectivity index (χ0n) is 19.1. The molecule has 0 saturated carbocycles. The van der Waals surface area contributed by atoms with E-state index in [1.807, 2.05) is 6.07 Å². The van der Waals surface area contributed by atoms with E-state index in [-0.39, 0.29) is 24.0 Å². The Bertz CT molecular complexity index is 1260. The van der Waals surface area contributed by atoms with Gasteiger partial charge in [-0.25, -0.2) is 24.0 Å². The number of hydrazine groups is 1. The Balaban J connectivity index is 1.44. The summed E-state index contributed by atoms with van der Waals surface area (Å²) in [5.74, 6) is 2.74. The summed E-state index contributed by atoms with van der Waals surface area (Å²) >= 11 is 4.83. The fourth-order valence-corrected chi connectivity index (χ4v) is 5.79. The average Bonchev–Trinajstić information content (AvgIpc) is 3.36. The Hall–Kier alpha value is -2.62. The number of aromatic amines is 1. The topological polar surface area (TPSA) is 125 Å². The standard InChI is InChI=1S/C23H22BrF3N6O3S/c24-12-5-13(7-30-6-12)37-23-22(35-10-18-31-1-2-32-18)20(21-17(36-23)9-34-21)33(29)8-16(28)11-3-14(25)19(27)15(26)4-11/h1-8,17,20-23H,9-10,28-29H2,(H,31,32)/b16-8-. The van der Waals surface area contributed by atoms with E-state index in [2.05, 4.69) is 30.9 Å². The van der Waals surface area contributed by atoms with E-state index in [1.165, 1.54) is 23.0 Å². The van der Waals surface area contributed by atoms with Crippen LogP contribution in [0, 0.1) is 17.5 Å². The van der Waals surface area contributed by atoms with E-state index in [1.54, 1.807) is 24.8 Å². The highest BCUT2D eigenvalue weighted by Crippen LogP contribution is 2.41. The highest BCUT2D eigenvalue weighted by molar-refractivity contribution is 9.10. The van der Waals surface area contributed by atoms with Crippen LogP contribution in [0.2, 0.25) is 0 Å². The van der Waals surface area contributed by atoms with E-state index >= 15 is 0 Å². The molecule has 0 radical (unpaired) electrons. The second kappa shape index (κ2) is 11.0. The molecule has 5 rings (SSSR count). The molecular weight excluding hydrogens is 577 g/mol. The lowest BCUT2D eigenvalue weighted by atomic mass is 9.92. The molecule has 5 unspecified atom stereocenters. The van der Waals surface area contributed by atoms with Gasteiger partial charge in [0.05, 0.1) is 12.3 Å². The Labute approximate surface area is 222 Å². The molecule has 9 nitrogen and oxygen atoms in total. The van der Waals surface area contributed by atoms with Crippen molar-refractivity contribution in [1.29, 1.82) is 0 Å².